The van der Waals surface area contributed by atoms with Gasteiger partial charge in [0.2, 0.25) is 0 Å². The van der Waals surface area contributed by atoms with Crippen molar-refractivity contribution in [1.82, 2.24) is 4.98 Å². The van der Waals surface area contributed by atoms with Crippen molar-refractivity contribution in [1.29, 1.82) is 0 Å². The fraction of sp³-hybridized carbons (Fsp3) is 0.667. The van der Waals surface area contributed by atoms with E-state index >= 15 is 0 Å². The van der Waals surface area contributed by atoms with Crippen molar-refractivity contribution in [3.8, 4) is 0 Å². The third-order valence-electron chi connectivity index (χ3n) is 1.74. The molecule has 0 aliphatic heterocycles. The molecule has 0 radical (unpaired) electrons. The highest BCUT2D eigenvalue weighted by molar-refractivity contribution is 7.09. The van der Waals surface area contributed by atoms with Crippen LogP contribution in [-0.2, 0) is 11.2 Å². The summed E-state index contributed by atoms with van der Waals surface area (Å²) in [7, 11) is 0. The lowest BCUT2D eigenvalue weighted by molar-refractivity contribution is 0.0187. The van der Waals surface area contributed by atoms with E-state index in [4.69, 9.17) is 10.5 Å². The molecule has 1 aromatic heterocycles. The Balaban J connectivity index is 2.26. The van der Waals surface area contributed by atoms with Gasteiger partial charge in [-0.1, -0.05) is 0 Å². The van der Waals surface area contributed by atoms with Crippen molar-refractivity contribution in [2.45, 2.75) is 25.8 Å². The van der Waals surface area contributed by atoms with Gasteiger partial charge in [-0.05, 0) is 6.92 Å². The monoisotopic (exact) mass is 236 g/mol. The molecule has 0 aliphatic carbocycles. The number of ether oxygens (including phenoxy) is 1. The molecule has 0 fully saturated rings. The average Bonchev–Trinajstić information content (AvgIpc) is 2.60. The van der Waals surface area contributed by atoms with E-state index < -0.39 is 13.0 Å². The average molecular weight is 236 g/mol. The molecule has 2 N–H and O–H groups in total. The van der Waals surface area contributed by atoms with Crippen LogP contribution in [0.1, 0.15) is 23.7 Å². The van der Waals surface area contributed by atoms with E-state index in [0.717, 1.165) is 10.7 Å². The Bertz CT molecular complexity index is 291. The highest BCUT2D eigenvalue weighted by Gasteiger charge is 2.06. The Morgan fingerprint density at radius 3 is 2.87 bits per heavy atom. The van der Waals surface area contributed by atoms with Gasteiger partial charge in [0, 0.05) is 17.8 Å². The van der Waals surface area contributed by atoms with E-state index in [1.165, 1.54) is 11.3 Å². The molecule has 1 rings (SSSR count). The van der Waals surface area contributed by atoms with Crippen LogP contribution in [0.4, 0.5) is 8.78 Å². The number of nitrogens with zero attached hydrogens (tertiary/aromatic N) is 1. The van der Waals surface area contributed by atoms with E-state index in [9.17, 15) is 8.78 Å². The summed E-state index contributed by atoms with van der Waals surface area (Å²) in [6, 6.07) is -0.0861. The highest BCUT2D eigenvalue weighted by Crippen LogP contribution is 2.15. The Labute approximate surface area is 91.3 Å². The van der Waals surface area contributed by atoms with Crippen molar-refractivity contribution in [3.63, 3.8) is 0 Å². The summed E-state index contributed by atoms with van der Waals surface area (Å²) in [5, 5.41) is 2.75. The van der Waals surface area contributed by atoms with Gasteiger partial charge in [-0.25, -0.2) is 13.8 Å². The van der Waals surface area contributed by atoms with E-state index in [1.807, 2.05) is 12.3 Å². The highest BCUT2D eigenvalue weighted by atomic mass is 32.1. The van der Waals surface area contributed by atoms with Crippen LogP contribution in [0.2, 0.25) is 0 Å². The van der Waals surface area contributed by atoms with Gasteiger partial charge in [0.15, 0.2) is 0 Å². The van der Waals surface area contributed by atoms with Gasteiger partial charge in [-0.2, -0.15) is 0 Å². The summed E-state index contributed by atoms with van der Waals surface area (Å²) >= 11 is 1.48. The van der Waals surface area contributed by atoms with Crippen LogP contribution in [-0.4, -0.2) is 24.6 Å². The van der Waals surface area contributed by atoms with Crippen LogP contribution in [0, 0.1) is 0 Å². The Morgan fingerprint density at radius 2 is 2.33 bits per heavy atom. The van der Waals surface area contributed by atoms with Gasteiger partial charge in [0.25, 0.3) is 6.43 Å². The van der Waals surface area contributed by atoms with Gasteiger partial charge in [-0.15, -0.1) is 11.3 Å². The first-order valence-corrected chi connectivity index (χ1v) is 5.53. The molecule has 3 nitrogen and oxygen atoms in total. The van der Waals surface area contributed by atoms with Crippen molar-refractivity contribution in [2.24, 2.45) is 5.73 Å². The van der Waals surface area contributed by atoms with Crippen molar-refractivity contribution in [2.75, 3.05) is 13.2 Å². The summed E-state index contributed by atoms with van der Waals surface area (Å²) in [6.45, 7) is 1.62. The molecule has 0 spiro atoms. The van der Waals surface area contributed by atoms with Gasteiger partial charge >= 0.3 is 0 Å². The molecule has 6 heteroatoms. The molecule has 0 saturated carbocycles. The maximum Gasteiger partial charge on any atom is 0.261 e. The van der Waals surface area contributed by atoms with Crippen LogP contribution in [0.25, 0.3) is 0 Å². The maximum absolute atomic E-state index is 11.7. The minimum atomic E-state index is -2.40. The number of rotatable bonds is 6. The lowest BCUT2D eigenvalue weighted by Crippen LogP contribution is -2.08. The van der Waals surface area contributed by atoms with E-state index in [1.54, 1.807) is 0 Å². The van der Waals surface area contributed by atoms with E-state index in [0.29, 0.717) is 6.42 Å². The first-order valence-electron chi connectivity index (χ1n) is 4.65. The zero-order valence-corrected chi connectivity index (χ0v) is 9.27. The van der Waals surface area contributed by atoms with Gasteiger partial charge in [0.05, 0.1) is 17.3 Å². The number of halogens is 2. The summed E-state index contributed by atoms with van der Waals surface area (Å²) in [6.07, 6.45) is -1.84. The predicted molar refractivity (Wildman–Crippen MR) is 55.2 cm³/mol. The number of hydrogen-bond donors (Lipinski definition) is 1. The van der Waals surface area contributed by atoms with E-state index in [-0.39, 0.29) is 12.6 Å². The second-order valence-corrected chi connectivity index (χ2v) is 4.11. The molecular weight excluding hydrogens is 222 g/mol. The molecular formula is C9H14F2N2OS. The van der Waals surface area contributed by atoms with Crippen LogP contribution in [0.5, 0.6) is 0 Å². The summed E-state index contributed by atoms with van der Waals surface area (Å²) in [5.74, 6) is 0. The number of thiazole rings is 1. The molecule has 0 aromatic carbocycles. The summed E-state index contributed by atoms with van der Waals surface area (Å²) < 4.78 is 28.2. The first-order chi connectivity index (χ1) is 7.09. The van der Waals surface area contributed by atoms with Crippen molar-refractivity contribution < 1.29 is 13.5 Å². The molecule has 1 atom stereocenters. The normalized spacial score (nSPS) is 13.4. The second kappa shape index (κ2) is 6.09. The molecule has 1 heterocycles. The quantitative estimate of drug-likeness (QED) is 0.768. The smallest absolute Gasteiger partial charge is 0.261 e. The van der Waals surface area contributed by atoms with Crippen LogP contribution in [0.15, 0.2) is 5.38 Å². The number of hydrogen-bond acceptors (Lipinski definition) is 4. The summed E-state index contributed by atoms with van der Waals surface area (Å²) in [4.78, 5) is 4.25. The van der Waals surface area contributed by atoms with Crippen LogP contribution >= 0.6 is 11.3 Å². The van der Waals surface area contributed by atoms with Crippen LogP contribution in [0.3, 0.4) is 0 Å². The Hall–Kier alpha value is -0.590. The van der Waals surface area contributed by atoms with Crippen LogP contribution < -0.4 is 5.73 Å². The molecule has 0 saturated heterocycles. The lowest BCUT2D eigenvalue weighted by Gasteiger charge is -2.01. The minimum absolute atomic E-state index is 0.0861. The van der Waals surface area contributed by atoms with Crippen molar-refractivity contribution >= 4 is 11.3 Å². The fourth-order valence-electron chi connectivity index (χ4n) is 0.981. The zero-order valence-electron chi connectivity index (χ0n) is 8.45. The zero-order chi connectivity index (χ0) is 11.3. The molecule has 1 unspecified atom stereocenters. The SMILES string of the molecule is CC(N)c1csc(CCOCC(F)F)n1. The van der Waals surface area contributed by atoms with Gasteiger partial charge < -0.3 is 10.5 Å². The Morgan fingerprint density at radius 1 is 1.60 bits per heavy atom. The Kier molecular flexibility index (Phi) is 5.07. The third-order valence-corrected chi connectivity index (χ3v) is 2.67. The molecule has 0 amide bonds. The minimum Gasteiger partial charge on any atom is -0.375 e. The number of aromatic nitrogens is 1. The molecule has 0 bridgehead atoms. The number of alkyl halides is 2. The predicted octanol–water partition coefficient (Wildman–Crippen LogP) is 1.99. The fourth-order valence-corrected chi connectivity index (χ4v) is 1.86. The second-order valence-electron chi connectivity index (χ2n) is 3.17. The van der Waals surface area contributed by atoms with Gasteiger partial charge in [0.1, 0.15) is 6.61 Å². The molecule has 1 aromatic rings. The summed E-state index contributed by atoms with van der Waals surface area (Å²) in [5.41, 5.74) is 6.47. The number of nitrogens with two attached hydrogens (primary N) is 1. The first kappa shape index (κ1) is 12.5. The largest absolute Gasteiger partial charge is 0.375 e. The standard InChI is InChI=1S/C9H14F2N2OS/c1-6(12)7-5-15-9(13-7)2-3-14-4-8(10)11/h5-6,8H,2-4,12H2,1H3. The van der Waals surface area contributed by atoms with E-state index in [2.05, 4.69) is 4.98 Å². The molecule has 0 aliphatic rings. The van der Waals surface area contributed by atoms with Crippen molar-refractivity contribution in [3.05, 3.63) is 16.1 Å². The molecule has 86 valence electrons. The molecule has 15 heavy (non-hydrogen) atoms. The third kappa shape index (κ3) is 4.63. The topological polar surface area (TPSA) is 48.1 Å². The maximum atomic E-state index is 11.7. The van der Waals surface area contributed by atoms with Gasteiger partial charge in [-0.3, -0.25) is 0 Å². The lowest BCUT2D eigenvalue weighted by atomic mass is 10.3.